The molecule has 6 nitrogen and oxygen atoms in total. The first kappa shape index (κ1) is 25.1. The zero-order valence-electron chi connectivity index (χ0n) is 20.2. The van der Waals surface area contributed by atoms with E-state index in [9.17, 15) is 9.59 Å². The van der Waals surface area contributed by atoms with Crippen LogP contribution in [0.15, 0.2) is 48.5 Å². The number of ether oxygens (including phenoxy) is 1. The molecule has 0 amide bonds. The van der Waals surface area contributed by atoms with Gasteiger partial charge in [0.2, 0.25) is 0 Å². The second-order valence-corrected chi connectivity index (χ2v) is 8.93. The Morgan fingerprint density at radius 1 is 1.03 bits per heavy atom. The Bertz CT molecular complexity index is 1170. The number of pyridine rings is 1. The zero-order valence-corrected chi connectivity index (χ0v) is 20.2. The van der Waals surface area contributed by atoms with Crippen LogP contribution in [0.1, 0.15) is 62.6 Å². The summed E-state index contributed by atoms with van der Waals surface area (Å²) >= 11 is 0. The molecule has 1 aromatic heterocycles. The molecule has 0 radical (unpaired) electrons. The number of aromatic nitrogens is 1. The fourth-order valence-corrected chi connectivity index (χ4v) is 4.01. The molecule has 0 aliphatic heterocycles. The summed E-state index contributed by atoms with van der Waals surface area (Å²) in [6.45, 7) is 8.57. The first-order valence-corrected chi connectivity index (χ1v) is 11.5. The van der Waals surface area contributed by atoms with E-state index < -0.39 is 11.9 Å². The minimum Gasteiger partial charge on any atom is -0.478 e. The number of hydrogen-bond donors (Lipinski definition) is 2. The molecular formula is C28H32N2O4. The fraction of sp³-hybridized carbons (Fsp3) is 0.321. The van der Waals surface area contributed by atoms with Crippen LogP contribution in [0.2, 0.25) is 0 Å². The number of nitrogens with zero attached hydrogens (tertiary/aromatic N) is 1. The lowest BCUT2D eigenvalue weighted by atomic mass is 9.90. The molecule has 0 bridgehead atoms. The smallest absolute Gasteiger partial charge is 0.340 e. The molecule has 0 atom stereocenters. The van der Waals surface area contributed by atoms with Gasteiger partial charge in [-0.25, -0.2) is 9.59 Å². The van der Waals surface area contributed by atoms with Crippen molar-refractivity contribution in [2.45, 2.75) is 47.1 Å². The first-order valence-electron chi connectivity index (χ1n) is 11.5. The molecule has 0 aliphatic rings. The molecule has 0 fully saturated rings. The van der Waals surface area contributed by atoms with E-state index in [1.54, 1.807) is 24.3 Å². The molecule has 178 valence electrons. The summed E-state index contributed by atoms with van der Waals surface area (Å²) in [6, 6.07) is 14.6. The maximum absolute atomic E-state index is 13.3. The Morgan fingerprint density at radius 2 is 1.68 bits per heavy atom. The number of benzene rings is 2. The molecule has 0 aliphatic carbocycles. The summed E-state index contributed by atoms with van der Waals surface area (Å²) < 4.78 is 5.66. The highest BCUT2D eigenvalue weighted by atomic mass is 16.5. The molecule has 3 N–H and O–H groups in total. The number of aromatic carboxylic acids is 1. The molecule has 3 aromatic rings. The molecular weight excluding hydrogens is 428 g/mol. The van der Waals surface area contributed by atoms with Gasteiger partial charge in [0.25, 0.3) is 0 Å². The number of carbonyl (C=O) groups excluding carboxylic acids is 1. The third-order valence-corrected chi connectivity index (χ3v) is 5.74. The summed E-state index contributed by atoms with van der Waals surface area (Å²) in [6.07, 6.45) is 1.25. The number of carboxylic acids is 1. The van der Waals surface area contributed by atoms with Crippen molar-refractivity contribution in [1.82, 2.24) is 4.98 Å². The minimum atomic E-state index is -0.971. The SMILES string of the molecule is Cc1ccc(-c2c(CN)c(CC(C)C)nc(C)c2C(=O)OCCc2ccc(C(=O)O)cc2)cc1. The summed E-state index contributed by atoms with van der Waals surface area (Å²) in [7, 11) is 0. The van der Waals surface area contributed by atoms with Crippen LogP contribution in [-0.4, -0.2) is 28.6 Å². The van der Waals surface area contributed by atoms with Gasteiger partial charge in [0.1, 0.15) is 0 Å². The molecule has 3 rings (SSSR count). The predicted molar refractivity (Wildman–Crippen MR) is 133 cm³/mol. The van der Waals surface area contributed by atoms with Crippen molar-refractivity contribution in [2.75, 3.05) is 6.61 Å². The molecule has 0 spiro atoms. The Balaban J connectivity index is 1.93. The van der Waals surface area contributed by atoms with E-state index in [1.807, 2.05) is 38.1 Å². The lowest BCUT2D eigenvalue weighted by Gasteiger charge is -2.20. The Hall–Kier alpha value is -3.51. The van der Waals surface area contributed by atoms with E-state index in [0.29, 0.717) is 23.6 Å². The van der Waals surface area contributed by atoms with E-state index >= 15 is 0 Å². The fourth-order valence-electron chi connectivity index (χ4n) is 4.01. The highest BCUT2D eigenvalue weighted by Gasteiger charge is 2.24. The van der Waals surface area contributed by atoms with Crippen molar-refractivity contribution < 1.29 is 19.4 Å². The molecule has 2 aromatic carbocycles. The van der Waals surface area contributed by atoms with Gasteiger partial charge in [-0.15, -0.1) is 0 Å². The van der Waals surface area contributed by atoms with Crippen LogP contribution in [0.25, 0.3) is 11.1 Å². The molecule has 34 heavy (non-hydrogen) atoms. The van der Waals surface area contributed by atoms with Gasteiger partial charge >= 0.3 is 11.9 Å². The Labute approximate surface area is 200 Å². The van der Waals surface area contributed by atoms with E-state index in [-0.39, 0.29) is 18.7 Å². The lowest BCUT2D eigenvalue weighted by Crippen LogP contribution is -2.18. The largest absolute Gasteiger partial charge is 0.478 e. The van der Waals surface area contributed by atoms with Gasteiger partial charge in [-0.05, 0) is 55.0 Å². The normalized spacial score (nSPS) is 11.0. The number of esters is 1. The van der Waals surface area contributed by atoms with Gasteiger partial charge in [-0.1, -0.05) is 55.8 Å². The van der Waals surface area contributed by atoms with Crippen LogP contribution in [0.4, 0.5) is 0 Å². The Kier molecular flexibility index (Phi) is 8.18. The van der Waals surface area contributed by atoms with Crippen molar-refractivity contribution in [2.24, 2.45) is 11.7 Å². The van der Waals surface area contributed by atoms with Gasteiger partial charge in [0.05, 0.1) is 23.4 Å². The van der Waals surface area contributed by atoms with Crippen LogP contribution in [0.5, 0.6) is 0 Å². The number of nitrogens with two attached hydrogens (primary N) is 1. The standard InChI is InChI=1S/C28H32N2O4/c1-17(2)15-24-23(16-29)26(21-9-5-18(3)6-10-21)25(19(4)30-24)28(33)34-14-13-20-7-11-22(12-8-20)27(31)32/h5-12,17H,13-16,29H2,1-4H3,(H,31,32). The molecule has 0 saturated heterocycles. The maximum Gasteiger partial charge on any atom is 0.340 e. The average Bonchev–Trinajstić information content (AvgIpc) is 2.79. The number of aryl methyl sites for hydroxylation is 2. The average molecular weight is 461 g/mol. The van der Waals surface area contributed by atoms with Crippen molar-refractivity contribution in [3.05, 3.63) is 87.7 Å². The number of hydrogen-bond acceptors (Lipinski definition) is 5. The molecule has 6 heteroatoms. The quantitative estimate of drug-likeness (QED) is 0.430. The second kappa shape index (κ2) is 11.1. The highest BCUT2D eigenvalue weighted by molar-refractivity contribution is 5.99. The van der Waals surface area contributed by atoms with Crippen molar-refractivity contribution >= 4 is 11.9 Å². The second-order valence-electron chi connectivity index (χ2n) is 8.93. The highest BCUT2D eigenvalue weighted by Crippen LogP contribution is 2.33. The van der Waals surface area contributed by atoms with Crippen molar-refractivity contribution in [1.29, 1.82) is 0 Å². The van der Waals surface area contributed by atoms with Gasteiger partial charge in [0, 0.05) is 24.2 Å². The summed E-state index contributed by atoms with van der Waals surface area (Å²) in [5, 5.41) is 9.04. The lowest BCUT2D eigenvalue weighted by molar-refractivity contribution is 0.0508. The van der Waals surface area contributed by atoms with E-state index in [4.69, 9.17) is 20.6 Å². The molecule has 0 unspecified atom stereocenters. The predicted octanol–water partition coefficient (Wildman–Crippen LogP) is 5.12. The number of carbonyl (C=O) groups is 2. The van der Waals surface area contributed by atoms with E-state index in [0.717, 1.165) is 39.9 Å². The van der Waals surface area contributed by atoms with Crippen LogP contribution in [0, 0.1) is 19.8 Å². The van der Waals surface area contributed by atoms with Crippen molar-refractivity contribution in [3.8, 4) is 11.1 Å². The van der Waals surface area contributed by atoms with E-state index in [2.05, 4.69) is 13.8 Å². The molecule has 0 saturated carbocycles. The van der Waals surface area contributed by atoms with Crippen LogP contribution >= 0.6 is 0 Å². The minimum absolute atomic E-state index is 0.170. The zero-order chi connectivity index (χ0) is 24.8. The van der Waals surface area contributed by atoms with Gasteiger partial charge in [-0.2, -0.15) is 0 Å². The van der Waals surface area contributed by atoms with Crippen LogP contribution < -0.4 is 5.73 Å². The number of rotatable bonds is 9. The third-order valence-electron chi connectivity index (χ3n) is 5.74. The topological polar surface area (TPSA) is 103 Å². The Morgan fingerprint density at radius 3 is 2.24 bits per heavy atom. The number of carboxylic acid groups (broad SMARTS) is 1. The first-order chi connectivity index (χ1) is 16.2. The van der Waals surface area contributed by atoms with E-state index in [1.165, 1.54) is 0 Å². The van der Waals surface area contributed by atoms with Crippen molar-refractivity contribution in [3.63, 3.8) is 0 Å². The summed E-state index contributed by atoms with van der Waals surface area (Å²) in [5.74, 6) is -1.01. The van der Waals surface area contributed by atoms with Crippen LogP contribution in [-0.2, 0) is 24.1 Å². The maximum atomic E-state index is 13.3. The summed E-state index contributed by atoms with van der Waals surface area (Å²) in [5.41, 5.74) is 13.0. The molecule has 1 heterocycles. The van der Waals surface area contributed by atoms with Crippen LogP contribution in [0.3, 0.4) is 0 Å². The monoisotopic (exact) mass is 460 g/mol. The van der Waals surface area contributed by atoms with Gasteiger partial charge < -0.3 is 15.6 Å². The van der Waals surface area contributed by atoms with Gasteiger partial charge in [0.15, 0.2) is 0 Å². The summed E-state index contributed by atoms with van der Waals surface area (Å²) in [4.78, 5) is 29.1. The third kappa shape index (κ3) is 5.88. The van der Waals surface area contributed by atoms with Gasteiger partial charge in [-0.3, -0.25) is 4.98 Å².